The number of likely N-dealkylation sites (tertiary alicyclic amines) is 1. The number of piperidine rings is 1. The van der Waals surface area contributed by atoms with E-state index in [0.29, 0.717) is 19.4 Å². The number of para-hydroxylation sites is 1. The van der Waals surface area contributed by atoms with E-state index in [2.05, 4.69) is 12.1 Å². The van der Waals surface area contributed by atoms with Crippen molar-refractivity contribution in [3.05, 3.63) is 66.2 Å². The molecule has 3 unspecified atom stereocenters. The van der Waals surface area contributed by atoms with Gasteiger partial charge in [-0.15, -0.1) is 0 Å². The molecular weight excluding hydrogens is 340 g/mol. The van der Waals surface area contributed by atoms with Crippen LogP contribution in [0.15, 0.2) is 60.7 Å². The Hall–Kier alpha value is -2.66. The third kappa shape index (κ3) is 4.55. The molecule has 0 aromatic heterocycles. The molecule has 0 aliphatic carbocycles. The topological polar surface area (TPSA) is 62.1 Å². The Balaban J connectivity index is 1.82. The summed E-state index contributed by atoms with van der Waals surface area (Å²) in [5.74, 6) is -1.42. The van der Waals surface area contributed by atoms with Gasteiger partial charge in [-0.3, -0.25) is 9.59 Å². The Morgan fingerprint density at radius 2 is 1.70 bits per heavy atom. The highest BCUT2D eigenvalue weighted by Crippen LogP contribution is 2.25. The molecule has 1 aliphatic heterocycles. The van der Waals surface area contributed by atoms with Crippen molar-refractivity contribution in [1.29, 1.82) is 0 Å². The van der Waals surface area contributed by atoms with E-state index < -0.39 is 11.9 Å². The first-order valence-electron chi connectivity index (χ1n) is 9.57. The number of hydrogen-bond acceptors (Lipinski definition) is 2. The number of carbonyl (C=O) groups excluding carboxylic acids is 1. The van der Waals surface area contributed by atoms with Gasteiger partial charge in [0.1, 0.15) is 12.5 Å². The van der Waals surface area contributed by atoms with Crippen LogP contribution in [0.25, 0.3) is 0 Å². The van der Waals surface area contributed by atoms with Gasteiger partial charge in [0.2, 0.25) is 5.91 Å². The molecular formula is C22H27N2O3+. The second kappa shape index (κ2) is 8.82. The van der Waals surface area contributed by atoms with Crippen LogP contribution < -0.4 is 9.80 Å². The van der Waals surface area contributed by atoms with Crippen LogP contribution in [0.3, 0.4) is 0 Å². The second-order valence-corrected chi connectivity index (χ2v) is 7.12. The number of nitrogens with one attached hydrogen (secondary N) is 1. The Kier molecular flexibility index (Phi) is 6.24. The molecule has 3 rings (SSSR count). The summed E-state index contributed by atoms with van der Waals surface area (Å²) >= 11 is 0. The average Bonchev–Trinajstić information content (AvgIpc) is 2.70. The molecule has 1 aliphatic rings. The highest BCUT2D eigenvalue weighted by Gasteiger charge is 2.42. The number of rotatable bonds is 6. The predicted molar refractivity (Wildman–Crippen MR) is 105 cm³/mol. The second-order valence-electron chi connectivity index (χ2n) is 7.12. The van der Waals surface area contributed by atoms with Gasteiger partial charge in [-0.2, -0.15) is 0 Å². The summed E-state index contributed by atoms with van der Waals surface area (Å²) < 4.78 is 0. The molecule has 0 spiro atoms. The van der Waals surface area contributed by atoms with E-state index in [0.717, 1.165) is 18.8 Å². The van der Waals surface area contributed by atoms with Crippen molar-refractivity contribution in [1.82, 2.24) is 0 Å². The lowest BCUT2D eigenvalue weighted by Gasteiger charge is -2.40. The Labute approximate surface area is 160 Å². The standard InChI is InChI=1S/C22H26N2O3/c1-2-21(25)24(18-11-7-4-8-12-18)20-13-14-23(16-19(20)22(26)27)15-17-9-5-3-6-10-17/h3-12,19-20H,2,13-16H2,1H3,(H,26,27)/p+1. The SMILES string of the molecule is CCC(=O)N(c1ccccc1)C1CC[NH+](Cc2ccccc2)CC1C(=O)O. The fourth-order valence-electron chi connectivity index (χ4n) is 3.99. The molecule has 0 radical (unpaired) electrons. The first-order chi connectivity index (χ1) is 13.1. The van der Waals surface area contributed by atoms with E-state index in [1.807, 2.05) is 55.5 Å². The monoisotopic (exact) mass is 367 g/mol. The van der Waals surface area contributed by atoms with Crippen molar-refractivity contribution in [2.45, 2.75) is 32.4 Å². The number of carbonyl (C=O) groups is 2. The highest BCUT2D eigenvalue weighted by atomic mass is 16.4. The Morgan fingerprint density at radius 3 is 2.30 bits per heavy atom. The Morgan fingerprint density at radius 1 is 1.07 bits per heavy atom. The molecule has 1 saturated heterocycles. The van der Waals surface area contributed by atoms with Crippen molar-refractivity contribution in [2.75, 3.05) is 18.0 Å². The van der Waals surface area contributed by atoms with E-state index in [4.69, 9.17) is 0 Å². The van der Waals surface area contributed by atoms with Crippen LogP contribution in [0, 0.1) is 5.92 Å². The summed E-state index contributed by atoms with van der Waals surface area (Å²) in [6.07, 6.45) is 1.04. The summed E-state index contributed by atoms with van der Waals surface area (Å²) in [5, 5.41) is 9.89. The maximum atomic E-state index is 12.7. The van der Waals surface area contributed by atoms with Crippen molar-refractivity contribution in [2.24, 2.45) is 5.92 Å². The van der Waals surface area contributed by atoms with Crippen LogP contribution >= 0.6 is 0 Å². The number of amides is 1. The van der Waals surface area contributed by atoms with Crippen LogP contribution in [0.2, 0.25) is 0 Å². The van der Waals surface area contributed by atoms with Gasteiger partial charge in [0.25, 0.3) is 0 Å². The maximum Gasteiger partial charge on any atom is 0.314 e. The number of anilines is 1. The van der Waals surface area contributed by atoms with Gasteiger partial charge in [0, 0.05) is 24.1 Å². The summed E-state index contributed by atoms with van der Waals surface area (Å²) in [4.78, 5) is 27.7. The molecule has 2 N–H and O–H groups in total. The van der Waals surface area contributed by atoms with Gasteiger partial charge in [-0.25, -0.2) is 0 Å². The van der Waals surface area contributed by atoms with Crippen LogP contribution in [-0.4, -0.2) is 36.1 Å². The normalized spacial score (nSPS) is 22.2. The lowest BCUT2D eigenvalue weighted by Crippen LogP contribution is -3.13. The quantitative estimate of drug-likeness (QED) is 0.821. The molecule has 0 saturated carbocycles. The molecule has 1 fully saturated rings. The predicted octanol–water partition coefficient (Wildman–Crippen LogP) is 1.99. The summed E-state index contributed by atoms with van der Waals surface area (Å²) in [7, 11) is 0. The van der Waals surface area contributed by atoms with Crippen molar-refractivity contribution in [3.63, 3.8) is 0 Å². The average molecular weight is 367 g/mol. The molecule has 142 valence electrons. The van der Waals surface area contributed by atoms with E-state index in [9.17, 15) is 14.7 Å². The summed E-state index contributed by atoms with van der Waals surface area (Å²) in [6, 6.07) is 19.3. The number of benzene rings is 2. The third-order valence-electron chi connectivity index (χ3n) is 5.32. The largest absolute Gasteiger partial charge is 0.481 e. The molecule has 5 heteroatoms. The first-order valence-corrected chi connectivity index (χ1v) is 9.57. The fraction of sp³-hybridized carbons (Fsp3) is 0.364. The number of nitrogens with zero attached hydrogens (tertiary/aromatic N) is 1. The van der Waals surface area contributed by atoms with Crippen molar-refractivity contribution < 1.29 is 19.6 Å². The zero-order chi connectivity index (χ0) is 19.2. The Bertz CT molecular complexity index is 764. The smallest absolute Gasteiger partial charge is 0.314 e. The number of hydrogen-bond donors (Lipinski definition) is 2. The van der Waals surface area contributed by atoms with Gasteiger partial charge < -0.3 is 14.9 Å². The van der Waals surface area contributed by atoms with Gasteiger partial charge in [0.05, 0.1) is 19.1 Å². The number of carboxylic acid groups (broad SMARTS) is 1. The van der Waals surface area contributed by atoms with E-state index in [-0.39, 0.29) is 11.9 Å². The van der Waals surface area contributed by atoms with E-state index in [1.165, 1.54) is 10.5 Å². The molecule has 0 bridgehead atoms. The van der Waals surface area contributed by atoms with Crippen LogP contribution in [0.5, 0.6) is 0 Å². The molecule has 1 heterocycles. The lowest BCUT2D eigenvalue weighted by molar-refractivity contribution is -0.921. The van der Waals surface area contributed by atoms with Crippen LogP contribution in [0.1, 0.15) is 25.3 Å². The number of quaternary nitrogens is 1. The minimum atomic E-state index is -0.824. The summed E-state index contributed by atoms with van der Waals surface area (Å²) in [6.45, 7) is 4.01. The lowest BCUT2D eigenvalue weighted by atomic mass is 9.89. The third-order valence-corrected chi connectivity index (χ3v) is 5.32. The van der Waals surface area contributed by atoms with E-state index >= 15 is 0 Å². The summed E-state index contributed by atoms with van der Waals surface area (Å²) in [5.41, 5.74) is 1.99. The fourth-order valence-corrected chi connectivity index (χ4v) is 3.99. The first kappa shape index (κ1) is 19.1. The molecule has 2 aromatic rings. The van der Waals surface area contributed by atoms with E-state index in [1.54, 1.807) is 4.90 Å². The van der Waals surface area contributed by atoms with Crippen molar-refractivity contribution in [3.8, 4) is 0 Å². The highest BCUT2D eigenvalue weighted by molar-refractivity contribution is 5.94. The minimum absolute atomic E-state index is 0.0241. The van der Waals surface area contributed by atoms with Gasteiger partial charge >= 0.3 is 5.97 Å². The zero-order valence-corrected chi connectivity index (χ0v) is 15.7. The molecule has 27 heavy (non-hydrogen) atoms. The van der Waals surface area contributed by atoms with Crippen molar-refractivity contribution >= 4 is 17.6 Å². The molecule has 2 aromatic carbocycles. The van der Waals surface area contributed by atoms with Gasteiger partial charge in [-0.05, 0) is 12.1 Å². The van der Waals surface area contributed by atoms with Crippen LogP contribution in [0.4, 0.5) is 5.69 Å². The maximum absolute atomic E-state index is 12.7. The van der Waals surface area contributed by atoms with Crippen LogP contribution in [-0.2, 0) is 16.1 Å². The molecule has 5 nitrogen and oxygen atoms in total. The zero-order valence-electron chi connectivity index (χ0n) is 15.7. The van der Waals surface area contributed by atoms with Gasteiger partial charge in [-0.1, -0.05) is 55.5 Å². The minimum Gasteiger partial charge on any atom is -0.481 e. The van der Waals surface area contributed by atoms with Gasteiger partial charge in [0.15, 0.2) is 0 Å². The number of carboxylic acids is 1. The molecule has 1 amide bonds. The molecule has 3 atom stereocenters. The number of aliphatic carboxylic acids is 1.